The first kappa shape index (κ1) is 12.8. The molecule has 0 bridgehead atoms. The van der Waals surface area contributed by atoms with Gasteiger partial charge in [-0.25, -0.2) is 0 Å². The lowest BCUT2D eigenvalue weighted by Crippen LogP contribution is -2.18. The highest BCUT2D eigenvalue weighted by atomic mass is 15.1. The van der Waals surface area contributed by atoms with E-state index in [0.717, 1.165) is 17.9 Å². The highest BCUT2D eigenvalue weighted by Gasteiger charge is 2.09. The molecule has 0 aliphatic carbocycles. The number of aryl methyl sites for hydroxylation is 3. The molecule has 2 N–H and O–H groups in total. The van der Waals surface area contributed by atoms with E-state index < -0.39 is 0 Å². The first-order chi connectivity index (χ1) is 8.58. The SMILES string of the molecule is Cc1ccc([C@H](C)NCc2c(C)n[nH]c2C)cc1. The second-order valence-electron chi connectivity index (χ2n) is 4.93. The molecule has 0 fully saturated rings. The summed E-state index contributed by atoms with van der Waals surface area (Å²) in [6, 6.07) is 9.02. The van der Waals surface area contributed by atoms with Crippen molar-refractivity contribution in [2.24, 2.45) is 0 Å². The third-order valence-electron chi connectivity index (χ3n) is 3.44. The fraction of sp³-hybridized carbons (Fsp3) is 0.400. The van der Waals surface area contributed by atoms with E-state index >= 15 is 0 Å². The van der Waals surface area contributed by atoms with Crippen molar-refractivity contribution >= 4 is 0 Å². The maximum Gasteiger partial charge on any atom is 0.0638 e. The predicted octanol–water partition coefficient (Wildman–Crippen LogP) is 3.19. The Morgan fingerprint density at radius 2 is 1.83 bits per heavy atom. The van der Waals surface area contributed by atoms with E-state index in [0.29, 0.717) is 6.04 Å². The smallest absolute Gasteiger partial charge is 0.0638 e. The van der Waals surface area contributed by atoms with E-state index in [1.165, 1.54) is 16.7 Å². The zero-order valence-corrected chi connectivity index (χ0v) is 11.5. The minimum absolute atomic E-state index is 0.347. The summed E-state index contributed by atoms with van der Waals surface area (Å²) in [7, 11) is 0. The van der Waals surface area contributed by atoms with Crippen molar-refractivity contribution in [2.75, 3.05) is 0 Å². The van der Waals surface area contributed by atoms with Gasteiger partial charge in [-0.15, -0.1) is 0 Å². The molecule has 3 nitrogen and oxygen atoms in total. The summed E-state index contributed by atoms with van der Waals surface area (Å²) in [6.07, 6.45) is 0. The largest absolute Gasteiger partial charge is 0.306 e. The molecular weight excluding hydrogens is 222 g/mol. The van der Waals surface area contributed by atoms with Crippen molar-refractivity contribution in [2.45, 2.75) is 40.3 Å². The molecule has 2 rings (SSSR count). The highest BCUT2D eigenvalue weighted by molar-refractivity contribution is 5.25. The van der Waals surface area contributed by atoms with Crippen LogP contribution in [0.1, 0.15) is 41.0 Å². The fourth-order valence-corrected chi connectivity index (χ4v) is 2.06. The standard InChI is InChI=1S/C15H21N3/c1-10-5-7-14(8-6-10)11(2)16-9-15-12(3)17-18-13(15)4/h5-8,11,16H,9H2,1-4H3,(H,17,18)/t11-/m0/s1. The first-order valence-electron chi connectivity index (χ1n) is 6.38. The molecule has 1 aromatic heterocycles. The Kier molecular flexibility index (Phi) is 3.82. The Morgan fingerprint density at radius 3 is 2.39 bits per heavy atom. The molecule has 0 saturated carbocycles. The van der Waals surface area contributed by atoms with E-state index in [-0.39, 0.29) is 0 Å². The van der Waals surface area contributed by atoms with E-state index in [4.69, 9.17) is 0 Å². The Balaban J connectivity index is 2.00. The van der Waals surface area contributed by atoms with Gasteiger partial charge < -0.3 is 5.32 Å². The summed E-state index contributed by atoms with van der Waals surface area (Å²) in [4.78, 5) is 0. The van der Waals surface area contributed by atoms with Gasteiger partial charge in [0.15, 0.2) is 0 Å². The van der Waals surface area contributed by atoms with E-state index in [9.17, 15) is 0 Å². The van der Waals surface area contributed by atoms with Crippen LogP contribution in [-0.4, -0.2) is 10.2 Å². The van der Waals surface area contributed by atoms with Gasteiger partial charge in [-0.1, -0.05) is 29.8 Å². The summed E-state index contributed by atoms with van der Waals surface area (Å²) >= 11 is 0. The number of nitrogens with zero attached hydrogens (tertiary/aromatic N) is 1. The molecule has 1 atom stereocenters. The van der Waals surface area contributed by atoms with Crippen LogP contribution in [0.25, 0.3) is 0 Å². The van der Waals surface area contributed by atoms with Gasteiger partial charge in [0, 0.05) is 23.8 Å². The van der Waals surface area contributed by atoms with Gasteiger partial charge in [-0.3, -0.25) is 5.10 Å². The molecule has 2 aromatic rings. The molecule has 1 aromatic carbocycles. The second kappa shape index (κ2) is 5.36. The van der Waals surface area contributed by atoms with Crippen LogP contribution < -0.4 is 5.32 Å². The molecule has 3 heteroatoms. The van der Waals surface area contributed by atoms with Crippen molar-refractivity contribution in [1.29, 1.82) is 0 Å². The summed E-state index contributed by atoms with van der Waals surface area (Å²) < 4.78 is 0. The number of aromatic nitrogens is 2. The third-order valence-corrected chi connectivity index (χ3v) is 3.44. The van der Waals surface area contributed by atoms with Crippen LogP contribution in [0, 0.1) is 20.8 Å². The molecule has 0 unspecified atom stereocenters. The zero-order valence-electron chi connectivity index (χ0n) is 11.5. The van der Waals surface area contributed by atoms with Crippen LogP contribution >= 0.6 is 0 Å². The van der Waals surface area contributed by atoms with Gasteiger partial charge in [0.2, 0.25) is 0 Å². The minimum Gasteiger partial charge on any atom is -0.306 e. The second-order valence-corrected chi connectivity index (χ2v) is 4.93. The van der Waals surface area contributed by atoms with E-state index in [1.54, 1.807) is 0 Å². The lowest BCUT2D eigenvalue weighted by Gasteiger charge is -2.14. The molecule has 0 amide bonds. The van der Waals surface area contributed by atoms with Crippen LogP contribution in [0.15, 0.2) is 24.3 Å². The molecule has 18 heavy (non-hydrogen) atoms. The number of hydrogen-bond acceptors (Lipinski definition) is 2. The van der Waals surface area contributed by atoms with Crippen molar-refractivity contribution in [3.05, 3.63) is 52.3 Å². The number of nitrogens with one attached hydrogen (secondary N) is 2. The summed E-state index contributed by atoms with van der Waals surface area (Å²) in [5.74, 6) is 0. The van der Waals surface area contributed by atoms with Gasteiger partial charge in [0.25, 0.3) is 0 Å². The van der Waals surface area contributed by atoms with E-state index in [1.807, 2.05) is 6.92 Å². The Morgan fingerprint density at radius 1 is 1.17 bits per heavy atom. The summed E-state index contributed by atoms with van der Waals surface area (Å²) in [5, 5.41) is 10.8. The topological polar surface area (TPSA) is 40.7 Å². The first-order valence-corrected chi connectivity index (χ1v) is 6.38. The Labute approximate surface area is 109 Å². The number of H-pyrrole nitrogens is 1. The summed E-state index contributed by atoms with van der Waals surface area (Å²) in [5.41, 5.74) is 6.12. The van der Waals surface area contributed by atoms with Crippen LogP contribution in [0.3, 0.4) is 0 Å². The lowest BCUT2D eigenvalue weighted by atomic mass is 10.1. The van der Waals surface area contributed by atoms with Gasteiger partial charge in [-0.2, -0.15) is 5.10 Å². The van der Waals surface area contributed by atoms with Crippen molar-refractivity contribution in [1.82, 2.24) is 15.5 Å². The average molecular weight is 243 g/mol. The summed E-state index contributed by atoms with van der Waals surface area (Å²) in [6.45, 7) is 9.25. The highest BCUT2D eigenvalue weighted by Crippen LogP contribution is 2.15. The number of hydrogen-bond donors (Lipinski definition) is 2. The maximum absolute atomic E-state index is 4.21. The van der Waals surface area contributed by atoms with Crippen LogP contribution in [0.4, 0.5) is 0 Å². The van der Waals surface area contributed by atoms with Gasteiger partial charge in [0.05, 0.1) is 5.69 Å². The molecule has 0 spiro atoms. The fourth-order valence-electron chi connectivity index (χ4n) is 2.06. The predicted molar refractivity (Wildman–Crippen MR) is 74.5 cm³/mol. The molecule has 1 heterocycles. The Bertz CT molecular complexity index is 492. The lowest BCUT2D eigenvalue weighted by molar-refractivity contribution is 0.572. The zero-order chi connectivity index (χ0) is 13.1. The van der Waals surface area contributed by atoms with Crippen molar-refractivity contribution < 1.29 is 0 Å². The molecular formula is C15H21N3. The van der Waals surface area contributed by atoms with Crippen LogP contribution in [-0.2, 0) is 6.54 Å². The van der Waals surface area contributed by atoms with Crippen LogP contribution in [0.5, 0.6) is 0 Å². The van der Waals surface area contributed by atoms with Crippen molar-refractivity contribution in [3.63, 3.8) is 0 Å². The van der Waals surface area contributed by atoms with Gasteiger partial charge >= 0.3 is 0 Å². The third kappa shape index (κ3) is 2.79. The molecule has 0 radical (unpaired) electrons. The normalized spacial score (nSPS) is 12.7. The number of aromatic amines is 1. The molecule has 0 saturated heterocycles. The number of benzene rings is 1. The minimum atomic E-state index is 0.347. The van der Waals surface area contributed by atoms with Crippen LogP contribution in [0.2, 0.25) is 0 Å². The molecule has 0 aliphatic heterocycles. The maximum atomic E-state index is 4.21. The monoisotopic (exact) mass is 243 g/mol. The van der Waals surface area contributed by atoms with Gasteiger partial charge in [0.1, 0.15) is 0 Å². The van der Waals surface area contributed by atoms with E-state index in [2.05, 4.69) is 60.6 Å². The quantitative estimate of drug-likeness (QED) is 0.866. The van der Waals surface area contributed by atoms with Gasteiger partial charge in [-0.05, 0) is 33.3 Å². The average Bonchev–Trinajstić information content (AvgIpc) is 2.67. The Hall–Kier alpha value is -1.61. The van der Waals surface area contributed by atoms with Crippen molar-refractivity contribution in [3.8, 4) is 0 Å². The molecule has 0 aliphatic rings. The number of rotatable bonds is 4. The molecule has 96 valence electrons.